The van der Waals surface area contributed by atoms with Crippen LogP contribution in [0.5, 0.6) is 5.75 Å². The van der Waals surface area contributed by atoms with Crippen LogP contribution in [0, 0.1) is 0 Å². The van der Waals surface area contributed by atoms with Gasteiger partial charge >= 0.3 is 0 Å². The Bertz CT molecular complexity index is 1230. The minimum Gasteiger partial charge on any atom is -0.497 e. The molecule has 0 radical (unpaired) electrons. The number of amides is 2. The van der Waals surface area contributed by atoms with Gasteiger partial charge in [0.1, 0.15) is 11.4 Å². The summed E-state index contributed by atoms with van der Waals surface area (Å²) in [6, 6.07) is 18.9. The van der Waals surface area contributed by atoms with Crippen molar-refractivity contribution in [2.45, 2.75) is 25.1 Å². The molecule has 0 saturated carbocycles. The van der Waals surface area contributed by atoms with Crippen molar-refractivity contribution in [1.82, 2.24) is 20.5 Å². The predicted molar refractivity (Wildman–Crippen MR) is 137 cm³/mol. The van der Waals surface area contributed by atoms with Gasteiger partial charge in [0.25, 0.3) is 11.8 Å². The van der Waals surface area contributed by atoms with Crippen molar-refractivity contribution in [2.24, 2.45) is 0 Å². The second kappa shape index (κ2) is 12.7. The first-order chi connectivity index (χ1) is 17.3. The Morgan fingerprint density at radius 3 is 2.44 bits per heavy atom. The molecule has 4 N–H and O–H groups in total. The number of benzene rings is 2. The predicted octanol–water partition coefficient (Wildman–Crippen LogP) is 1.58. The highest BCUT2D eigenvalue weighted by atomic mass is 16.5. The maximum Gasteiger partial charge on any atom is 0.268 e. The minimum atomic E-state index is -0.932. The number of nitrogens with zero attached hydrogens (tertiary/aromatic N) is 1. The number of aliphatic hydroxyl groups excluding tert-OH is 1. The van der Waals surface area contributed by atoms with Gasteiger partial charge in [-0.05, 0) is 35.7 Å². The van der Waals surface area contributed by atoms with Gasteiger partial charge in [0.15, 0.2) is 0 Å². The molecule has 3 rings (SSSR count). The van der Waals surface area contributed by atoms with Crippen LogP contribution in [-0.2, 0) is 13.0 Å². The fourth-order valence-corrected chi connectivity index (χ4v) is 3.73. The summed E-state index contributed by atoms with van der Waals surface area (Å²) in [5, 5.41) is 17.0. The highest BCUT2D eigenvalue weighted by molar-refractivity contribution is 5.98. The van der Waals surface area contributed by atoms with Crippen molar-refractivity contribution in [1.29, 1.82) is 0 Å². The van der Waals surface area contributed by atoms with Gasteiger partial charge in [-0.15, -0.1) is 0 Å². The van der Waals surface area contributed by atoms with E-state index in [1.807, 2.05) is 54.6 Å². The summed E-state index contributed by atoms with van der Waals surface area (Å²) >= 11 is 0. The molecule has 0 saturated heterocycles. The maximum atomic E-state index is 13.1. The molecule has 2 aromatic carbocycles. The molecule has 9 nitrogen and oxygen atoms in total. The average molecular weight is 493 g/mol. The summed E-state index contributed by atoms with van der Waals surface area (Å²) < 4.78 is 5.24. The van der Waals surface area contributed by atoms with Crippen molar-refractivity contribution in [3.05, 3.63) is 99.5 Å². The molecule has 0 aliphatic carbocycles. The molecular formula is C27H32N4O5. The van der Waals surface area contributed by atoms with E-state index in [-0.39, 0.29) is 17.8 Å². The van der Waals surface area contributed by atoms with Gasteiger partial charge in [-0.25, -0.2) is 0 Å². The number of carbonyl (C=O) groups excluding carboxylic acids is 2. The number of aromatic amines is 1. The Balaban J connectivity index is 1.74. The van der Waals surface area contributed by atoms with E-state index in [9.17, 15) is 19.5 Å². The zero-order valence-corrected chi connectivity index (χ0v) is 20.7. The lowest BCUT2D eigenvalue weighted by molar-refractivity contribution is 0.0823. The van der Waals surface area contributed by atoms with Crippen LogP contribution in [0.25, 0.3) is 0 Å². The molecule has 190 valence electrons. The molecule has 1 aromatic heterocycles. The van der Waals surface area contributed by atoms with E-state index in [0.717, 1.165) is 22.9 Å². The van der Waals surface area contributed by atoms with Gasteiger partial charge in [0, 0.05) is 38.8 Å². The highest BCUT2D eigenvalue weighted by Crippen LogP contribution is 2.13. The van der Waals surface area contributed by atoms with Gasteiger partial charge < -0.3 is 30.4 Å². The third-order valence-electron chi connectivity index (χ3n) is 5.64. The first kappa shape index (κ1) is 26.7. The molecule has 0 aliphatic rings. The van der Waals surface area contributed by atoms with Crippen molar-refractivity contribution < 1.29 is 19.4 Å². The number of pyridine rings is 1. The van der Waals surface area contributed by atoms with Crippen molar-refractivity contribution in [2.75, 3.05) is 27.7 Å². The lowest BCUT2D eigenvalue weighted by Gasteiger charge is -2.25. The number of aliphatic hydroxyl groups is 1. The number of ether oxygens (including phenoxy) is 1. The highest BCUT2D eigenvalue weighted by Gasteiger charge is 2.23. The van der Waals surface area contributed by atoms with Crippen molar-refractivity contribution >= 4 is 11.8 Å². The summed E-state index contributed by atoms with van der Waals surface area (Å²) in [7, 11) is 4.73. The molecule has 0 fully saturated rings. The Labute approximate surface area is 210 Å². The normalized spacial score (nSPS) is 12.4. The molecule has 0 aliphatic heterocycles. The smallest absolute Gasteiger partial charge is 0.268 e. The van der Waals surface area contributed by atoms with Crippen LogP contribution >= 0.6 is 0 Å². The van der Waals surface area contributed by atoms with Crippen molar-refractivity contribution in [3.63, 3.8) is 0 Å². The molecular weight excluding hydrogens is 460 g/mol. The van der Waals surface area contributed by atoms with Gasteiger partial charge in [0.05, 0.1) is 19.3 Å². The van der Waals surface area contributed by atoms with E-state index < -0.39 is 29.5 Å². The van der Waals surface area contributed by atoms with Crippen LogP contribution in [0.2, 0.25) is 0 Å². The number of nitrogens with one attached hydrogen (secondary N) is 3. The van der Waals surface area contributed by atoms with E-state index in [2.05, 4.69) is 15.6 Å². The Morgan fingerprint density at radius 2 is 1.75 bits per heavy atom. The number of H-pyrrole nitrogens is 1. The number of methoxy groups -OCH3 is 1. The molecule has 0 spiro atoms. The van der Waals surface area contributed by atoms with Crippen LogP contribution in [0.15, 0.2) is 71.5 Å². The summed E-state index contributed by atoms with van der Waals surface area (Å²) in [4.78, 5) is 41.3. The maximum absolute atomic E-state index is 13.1. The number of hydrogen-bond acceptors (Lipinski definition) is 6. The third kappa shape index (κ3) is 7.53. The quantitative estimate of drug-likeness (QED) is 0.322. The summed E-state index contributed by atoms with van der Waals surface area (Å²) in [5.74, 6) is -0.237. The van der Waals surface area contributed by atoms with Gasteiger partial charge in [-0.2, -0.15) is 0 Å². The summed E-state index contributed by atoms with van der Waals surface area (Å²) in [5.41, 5.74) is 1.41. The summed E-state index contributed by atoms with van der Waals surface area (Å²) in [6.07, 6.45) is -0.562. The van der Waals surface area contributed by atoms with Gasteiger partial charge in [-0.1, -0.05) is 42.5 Å². The van der Waals surface area contributed by atoms with Crippen LogP contribution < -0.4 is 20.9 Å². The lowest BCUT2D eigenvalue weighted by atomic mass is 10.0. The first-order valence-electron chi connectivity index (χ1n) is 11.6. The largest absolute Gasteiger partial charge is 0.497 e. The van der Waals surface area contributed by atoms with E-state index in [1.54, 1.807) is 21.2 Å². The zero-order valence-electron chi connectivity index (χ0n) is 20.7. The fourth-order valence-electron chi connectivity index (χ4n) is 3.73. The Hall–Kier alpha value is -3.95. The average Bonchev–Trinajstić information content (AvgIpc) is 2.88. The molecule has 2 atom stereocenters. The molecule has 3 aromatic rings. The van der Waals surface area contributed by atoms with Gasteiger partial charge in [0.2, 0.25) is 5.56 Å². The van der Waals surface area contributed by atoms with Crippen LogP contribution in [0.3, 0.4) is 0 Å². The van der Waals surface area contributed by atoms with E-state index >= 15 is 0 Å². The number of hydrogen-bond donors (Lipinski definition) is 4. The SMILES string of the molecule is COc1cccc(CNC[C@@H](O)[C@H](Cc2ccccc2)NC(=O)c2cc(C(=O)N(C)C)cc(=O)[nH]2)c1. The number of carbonyl (C=O) groups is 2. The van der Waals surface area contributed by atoms with E-state index in [4.69, 9.17) is 4.74 Å². The molecule has 0 unspecified atom stereocenters. The topological polar surface area (TPSA) is 124 Å². The van der Waals surface area contributed by atoms with Crippen molar-refractivity contribution in [3.8, 4) is 5.75 Å². The molecule has 2 amide bonds. The molecule has 36 heavy (non-hydrogen) atoms. The molecule has 9 heteroatoms. The molecule has 0 bridgehead atoms. The Kier molecular flexibility index (Phi) is 9.38. The number of rotatable bonds is 11. The van der Waals surface area contributed by atoms with Crippen LogP contribution in [0.1, 0.15) is 32.0 Å². The number of aromatic nitrogens is 1. The zero-order chi connectivity index (χ0) is 26.1. The van der Waals surface area contributed by atoms with E-state index in [0.29, 0.717) is 13.0 Å². The minimum absolute atomic E-state index is 0.0534. The van der Waals surface area contributed by atoms with E-state index in [1.165, 1.54) is 11.0 Å². The second-order valence-corrected chi connectivity index (χ2v) is 8.67. The first-order valence-corrected chi connectivity index (χ1v) is 11.6. The standard InChI is InChI=1S/C27H32N4O5/c1-31(2)27(35)20-14-23(29-25(33)15-20)26(34)30-22(13-18-8-5-4-6-9-18)24(32)17-28-16-19-10-7-11-21(12-19)36-3/h4-12,14-15,22,24,28,32H,13,16-17H2,1-3H3,(H,29,33)(H,30,34)/t22-,24+/m0/s1. The Morgan fingerprint density at radius 1 is 1.03 bits per heavy atom. The van der Waals surface area contributed by atoms with Crippen LogP contribution in [0.4, 0.5) is 0 Å². The van der Waals surface area contributed by atoms with Crippen LogP contribution in [-0.4, -0.2) is 66.7 Å². The summed E-state index contributed by atoms with van der Waals surface area (Å²) in [6.45, 7) is 0.715. The lowest BCUT2D eigenvalue weighted by Crippen LogP contribution is -2.49. The fraction of sp³-hybridized carbons (Fsp3) is 0.296. The monoisotopic (exact) mass is 492 g/mol. The third-order valence-corrected chi connectivity index (χ3v) is 5.64. The van der Waals surface area contributed by atoms with Gasteiger partial charge in [-0.3, -0.25) is 14.4 Å². The molecule has 1 heterocycles. The second-order valence-electron chi connectivity index (χ2n) is 8.67.